The molecule has 0 fully saturated rings. The number of carbonyl (C=O) groups is 2. The minimum absolute atomic E-state index is 0.149. The van der Waals surface area contributed by atoms with Crippen molar-refractivity contribution in [1.29, 1.82) is 0 Å². The lowest BCUT2D eigenvalue weighted by molar-refractivity contribution is 0.101. The van der Waals surface area contributed by atoms with Crippen molar-refractivity contribution in [3.05, 3.63) is 53.7 Å². The Morgan fingerprint density at radius 3 is 2.85 bits per heavy atom. The van der Waals surface area contributed by atoms with Crippen LogP contribution in [0.5, 0.6) is 5.75 Å². The van der Waals surface area contributed by atoms with Crippen molar-refractivity contribution in [2.45, 2.75) is 13.3 Å². The average Bonchev–Trinajstić information content (AvgIpc) is 3.04. The van der Waals surface area contributed by atoms with Gasteiger partial charge in [0, 0.05) is 18.5 Å². The molecule has 26 heavy (non-hydrogen) atoms. The molecule has 0 saturated heterocycles. The summed E-state index contributed by atoms with van der Waals surface area (Å²) in [5.74, 6) is -0.329. The van der Waals surface area contributed by atoms with Gasteiger partial charge >= 0.3 is 0 Å². The second-order valence-corrected chi connectivity index (χ2v) is 5.24. The first kappa shape index (κ1) is 17.5. The van der Waals surface area contributed by atoms with Gasteiger partial charge in [0.05, 0.1) is 6.61 Å². The van der Waals surface area contributed by atoms with Crippen LogP contribution in [0, 0.1) is 0 Å². The van der Waals surface area contributed by atoms with Gasteiger partial charge in [0.25, 0.3) is 12.3 Å². The lowest BCUT2D eigenvalue weighted by Crippen LogP contribution is -2.16. The highest BCUT2D eigenvalue weighted by Crippen LogP contribution is 2.27. The van der Waals surface area contributed by atoms with E-state index < -0.39 is 18.0 Å². The number of hydrogen-bond donors (Lipinski definition) is 1. The number of hydrogen-bond acceptors (Lipinski definition) is 5. The lowest BCUT2D eigenvalue weighted by atomic mass is 10.2. The van der Waals surface area contributed by atoms with E-state index in [1.54, 1.807) is 17.4 Å². The molecule has 0 saturated carbocycles. The quantitative estimate of drug-likeness (QED) is 0.683. The number of nitrogens with one attached hydrogen (secondary N) is 1. The van der Waals surface area contributed by atoms with Crippen molar-refractivity contribution in [3.8, 4) is 5.75 Å². The Labute approximate surface area is 146 Å². The Morgan fingerprint density at radius 1 is 1.35 bits per heavy atom. The maximum Gasteiger partial charge on any atom is 0.280 e. The fourth-order valence-corrected chi connectivity index (χ4v) is 2.35. The zero-order chi connectivity index (χ0) is 18.7. The number of aldehydes is 1. The molecular weight excluding hydrogens is 346 g/mol. The van der Waals surface area contributed by atoms with E-state index in [1.165, 1.54) is 24.5 Å². The van der Waals surface area contributed by atoms with E-state index in [0.29, 0.717) is 30.0 Å². The molecule has 0 aliphatic rings. The third-order valence-corrected chi connectivity index (χ3v) is 3.47. The maximum atomic E-state index is 12.8. The van der Waals surface area contributed by atoms with E-state index in [1.807, 2.05) is 0 Å². The number of anilines is 1. The Morgan fingerprint density at radius 2 is 2.15 bits per heavy atom. The largest absolute Gasteiger partial charge is 0.491 e. The average molecular weight is 360 g/mol. The summed E-state index contributed by atoms with van der Waals surface area (Å²) in [7, 11) is 0. The van der Waals surface area contributed by atoms with Crippen LogP contribution in [0.4, 0.5) is 14.5 Å². The fraction of sp³-hybridized carbons (Fsp3) is 0.176. The Balaban J connectivity index is 1.95. The molecule has 0 aliphatic carbocycles. The SMILES string of the molecule is CCOc1cc2nc(C=O)cn2cc1NC(=O)c1cccc(C(F)F)n1. The topological polar surface area (TPSA) is 85.6 Å². The molecule has 0 aromatic carbocycles. The summed E-state index contributed by atoms with van der Waals surface area (Å²) in [6, 6.07) is 5.38. The summed E-state index contributed by atoms with van der Waals surface area (Å²) in [5.41, 5.74) is 0.352. The molecule has 0 radical (unpaired) electrons. The summed E-state index contributed by atoms with van der Waals surface area (Å²) in [6.45, 7) is 2.10. The highest BCUT2D eigenvalue weighted by molar-refractivity contribution is 6.03. The smallest absolute Gasteiger partial charge is 0.280 e. The standard InChI is InChI=1S/C17H14F2N4O3/c1-2-26-14-6-15-20-10(9-24)7-23(15)8-13(14)22-17(25)12-5-3-4-11(21-12)16(18)19/h3-9,16H,2H2,1H3,(H,22,25). The molecule has 7 nitrogen and oxygen atoms in total. The van der Waals surface area contributed by atoms with Gasteiger partial charge in [0.1, 0.15) is 34.2 Å². The predicted molar refractivity (Wildman–Crippen MR) is 88.9 cm³/mol. The third-order valence-electron chi connectivity index (χ3n) is 3.47. The van der Waals surface area contributed by atoms with Crippen molar-refractivity contribution in [1.82, 2.24) is 14.4 Å². The second kappa shape index (κ2) is 7.26. The molecule has 3 aromatic heterocycles. The number of ether oxygens (including phenoxy) is 1. The summed E-state index contributed by atoms with van der Waals surface area (Å²) in [5, 5.41) is 2.59. The molecule has 9 heteroatoms. The Kier molecular flexibility index (Phi) is 4.87. The molecule has 0 atom stereocenters. The van der Waals surface area contributed by atoms with Gasteiger partial charge in [-0.15, -0.1) is 0 Å². The summed E-state index contributed by atoms with van der Waals surface area (Å²) in [4.78, 5) is 31.0. The summed E-state index contributed by atoms with van der Waals surface area (Å²) < 4.78 is 32.6. The number of aromatic nitrogens is 3. The van der Waals surface area contributed by atoms with Gasteiger partial charge in [-0.1, -0.05) is 6.07 Å². The number of nitrogens with zero attached hydrogens (tertiary/aromatic N) is 3. The van der Waals surface area contributed by atoms with E-state index in [0.717, 1.165) is 6.07 Å². The van der Waals surface area contributed by atoms with Crippen molar-refractivity contribution < 1.29 is 23.1 Å². The van der Waals surface area contributed by atoms with Gasteiger partial charge in [0.15, 0.2) is 6.29 Å². The van der Waals surface area contributed by atoms with Gasteiger partial charge in [-0.2, -0.15) is 0 Å². The molecule has 0 spiro atoms. The first-order valence-corrected chi connectivity index (χ1v) is 7.69. The van der Waals surface area contributed by atoms with Crippen LogP contribution < -0.4 is 10.1 Å². The maximum absolute atomic E-state index is 12.8. The number of amides is 1. The highest BCUT2D eigenvalue weighted by atomic mass is 19.3. The Hall–Kier alpha value is -3.36. The number of imidazole rings is 1. The van der Waals surface area contributed by atoms with E-state index in [-0.39, 0.29) is 11.4 Å². The van der Waals surface area contributed by atoms with E-state index in [9.17, 15) is 18.4 Å². The van der Waals surface area contributed by atoms with Crippen LogP contribution >= 0.6 is 0 Å². The molecule has 0 unspecified atom stereocenters. The minimum Gasteiger partial charge on any atom is -0.491 e. The van der Waals surface area contributed by atoms with Gasteiger partial charge in [0.2, 0.25) is 0 Å². The van der Waals surface area contributed by atoms with Gasteiger partial charge in [-0.3, -0.25) is 9.59 Å². The Bertz CT molecular complexity index is 972. The number of halogens is 2. The summed E-state index contributed by atoms with van der Waals surface area (Å²) in [6.07, 6.45) is 0.843. The van der Waals surface area contributed by atoms with E-state index >= 15 is 0 Å². The van der Waals surface area contributed by atoms with Crippen molar-refractivity contribution >= 4 is 23.5 Å². The molecular formula is C17H14F2N4O3. The molecule has 0 bridgehead atoms. The third kappa shape index (κ3) is 3.51. The van der Waals surface area contributed by atoms with Crippen molar-refractivity contribution in [2.24, 2.45) is 0 Å². The zero-order valence-corrected chi connectivity index (χ0v) is 13.6. The monoisotopic (exact) mass is 360 g/mol. The van der Waals surface area contributed by atoms with Gasteiger partial charge in [-0.05, 0) is 19.1 Å². The lowest BCUT2D eigenvalue weighted by Gasteiger charge is -2.12. The molecule has 3 aromatic rings. The number of fused-ring (bicyclic) bond motifs is 1. The van der Waals surface area contributed by atoms with Crippen molar-refractivity contribution in [2.75, 3.05) is 11.9 Å². The predicted octanol–water partition coefficient (Wildman–Crippen LogP) is 3.13. The van der Waals surface area contributed by atoms with Crippen molar-refractivity contribution in [3.63, 3.8) is 0 Å². The molecule has 1 amide bonds. The normalized spacial score (nSPS) is 10.9. The second-order valence-electron chi connectivity index (χ2n) is 5.24. The first-order valence-electron chi connectivity index (χ1n) is 7.69. The molecule has 3 rings (SSSR count). The minimum atomic E-state index is -2.77. The van der Waals surface area contributed by atoms with Crippen LogP contribution in [0.2, 0.25) is 0 Å². The molecule has 134 valence electrons. The molecule has 1 N–H and O–H groups in total. The van der Waals surface area contributed by atoms with E-state index in [2.05, 4.69) is 15.3 Å². The molecule has 0 aliphatic heterocycles. The van der Waals surface area contributed by atoms with E-state index in [4.69, 9.17) is 4.74 Å². The number of rotatable bonds is 6. The van der Waals surface area contributed by atoms with Gasteiger partial charge in [-0.25, -0.2) is 18.7 Å². The number of alkyl halides is 2. The molecule has 3 heterocycles. The van der Waals surface area contributed by atoms with Crippen LogP contribution in [0.1, 0.15) is 40.0 Å². The van der Waals surface area contributed by atoms with Crippen LogP contribution in [0.25, 0.3) is 5.65 Å². The van der Waals surface area contributed by atoms with Crippen LogP contribution in [0.3, 0.4) is 0 Å². The van der Waals surface area contributed by atoms with Crippen LogP contribution in [-0.2, 0) is 0 Å². The van der Waals surface area contributed by atoms with Crippen LogP contribution in [-0.4, -0.2) is 33.2 Å². The first-order chi connectivity index (χ1) is 12.5. The summed E-state index contributed by atoms with van der Waals surface area (Å²) >= 11 is 0. The highest BCUT2D eigenvalue weighted by Gasteiger charge is 2.16. The van der Waals surface area contributed by atoms with Crippen LogP contribution in [0.15, 0.2) is 36.7 Å². The number of carbonyl (C=O) groups excluding carboxylic acids is 2. The zero-order valence-electron chi connectivity index (χ0n) is 13.6. The van der Waals surface area contributed by atoms with Gasteiger partial charge < -0.3 is 14.5 Å². The number of pyridine rings is 2. The fourth-order valence-electron chi connectivity index (χ4n) is 2.35.